The van der Waals surface area contributed by atoms with Crippen molar-refractivity contribution in [1.29, 1.82) is 0 Å². The zero-order chi connectivity index (χ0) is 16.5. The van der Waals surface area contributed by atoms with Crippen LogP contribution in [0.3, 0.4) is 0 Å². The van der Waals surface area contributed by atoms with Crippen molar-refractivity contribution in [3.8, 4) is 5.75 Å². The zero-order valence-corrected chi connectivity index (χ0v) is 14.5. The van der Waals surface area contributed by atoms with Gasteiger partial charge in [0.1, 0.15) is 5.75 Å². The van der Waals surface area contributed by atoms with Crippen LogP contribution in [0, 0.1) is 0 Å². The Kier molecular flexibility index (Phi) is 7.04. The number of piperazine rings is 1. The maximum absolute atomic E-state index is 10.00. The van der Waals surface area contributed by atoms with Gasteiger partial charge in [-0.15, -0.1) is 0 Å². The molecule has 0 saturated carbocycles. The van der Waals surface area contributed by atoms with Gasteiger partial charge in [-0.2, -0.15) is 0 Å². The lowest BCUT2D eigenvalue weighted by Gasteiger charge is -2.37. The van der Waals surface area contributed by atoms with Crippen molar-refractivity contribution in [2.75, 3.05) is 44.2 Å². The number of unbranched alkanes of at least 4 members (excludes halogenated alkanes) is 2. The van der Waals surface area contributed by atoms with Gasteiger partial charge in [-0.05, 0) is 25.5 Å². The molecule has 0 amide bonds. The molecule has 0 spiro atoms. The van der Waals surface area contributed by atoms with Gasteiger partial charge in [0.15, 0.2) is 5.96 Å². The quantitative estimate of drug-likeness (QED) is 0.481. The maximum Gasteiger partial charge on any atom is 0.194 e. The summed E-state index contributed by atoms with van der Waals surface area (Å²) in [5, 5.41) is 13.4. The van der Waals surface area contributed by atoms with Crippen molar-refractivity contribution in [2.24, 2.45) is 4.99 Å². The van der Waals surface area contributed by atoms with Crippen molar-refractivity contribution in [2.45, 2.75) is 33.1 Å². The van der Waals surface area contributed by atoms with Gasteiger partial charge in [-0.3, -0.25) is 4.99 Å². The summed E-state index contributed by atoms with van der Waals surface area (Å²) in [6.07, 6.45) is 3.62. The van der Waals surface area contributed by atoms with Crippen LogP contribution in [0.1, 0.15) is 33.1 Å². The molecule has 23 heavy (non-hydrogen) atoms. The normalized spacial score (nSPS) is 15.8. The smallest absolute Gasteiger partial charge is 0.194 e. The van der Waals surface area contributed by atoms with Gasteiger partial charge in [0.25, 0.3) is 0 Å². The third-order valence-corrected chi connectivity index (χ3v) is 4.16. The number of guanidine groups is 1. The molecule has 5 heteroatoms. The first kappa shape index (κ1) is 17.4. The highest BCUT2D eigenvalue weighted by Gasteiger charge is 2.21. The predicted octanol–water partition coefficient (Wildman–Crippen LogP) is 2.67. The van der Waals surface area contributed by atoms with Crippen LogP contribution < -0.4 is 10.2 Å². The predicted molar refractivity (Wildman–Crippen MR) is 97.4 cm³/mol. The number of anilines is 1. The monoisotopic (exact) mass is 318 g/mol. The van der Waals surface area contributed by atoms with Gasteiger partial charge in [0.2, 0.25) is 0 Å². The van der Waals surface area contributed by atoms with Crippen LogP contribution in [-0.4, -0.2) is 55.2 Å². The molecule has 0 aliphatic carbocycles. The van der Waals surface area contributed by atoms with Crippen molar-refractivity contribution >= 4 is 11.6 Å². The van der Waals surface area contributed by atoms with E-state index >= 15 is 0 Å². The molecule has 1 aromatic carbocycles. The third-order valence-electron chi connectivity index (χ3n) is 4.16. The van der Waals surface area contributed by atoms with Crippen molar-refractivity contribution in [3.05, 3.63) is 24.3 Å². The zero-order valence-electron chi connectivity index (χ0n) is 14.5. The molecule has 128 valence electrons. The minimum atomic E-state index is 0.362. The number of rotatable bonds is 6. The molecule has 0 radical (unpaired) electrons. The summed E-state index contributed by atoms with van der Waals surface area (Å²) in [6, 6.07) is 7.57. The first-order valence-electron chi connectivity index (χ1n) is 8.82. The van der Waals surface area contributed by atoms with Gasteiger partial charge >= 0.3 is 0 Å². The van der Waals surface area contributed by atoms with E-state index in [0.29, 0.717) is 5.75 Å². The Hall–Kier alpha value is -1.91. The fourth-order valence-electron chi connectivity index (χ4n) is 2.86. The molecule has 1 aliphatic rings. The molecule has 0 aromatic heterocycles. The molecule has 0 atom stereocenters. The first-order chi connectivity index (χ1) is 11.3. The summed E-state index contributed by atoms with van der Waals surface area (Å²) in [6.45, 7) is 9.77. The van der Waals surface area contributed by atoms with E-state index in [1.807, 2.05) is 18.2 Å². The van der Waals surface area contributed by atoms with Crippen molar-refractivity contribution in [1.82, 2.24) is 10.2 Å². The minimum Gasteiger partial charge on any atom is -0.506 e. The van der Waals surface area contributed by atoms with Crippen LogP contribution >= 0.6 is 0 Å². The van der Waals surface area contributed by atoms with Crippen LogP contribution in [0.5, 0.6) is 5.75 Å². The number of hydrogen-bond acceptors (Lipinski definition) is 3. The van der Waals surface area contributed by atoms with E-state index < -0.39 is 0 Å². The maximum atomic E-state index is 10.00. The van der Waals surface area contributed by atoms with E-state index in [1.54, 1.807) is 6.07 Å². The lowest BCUT2D eigenvalue weighted by Crippen LogP contribution is -2.52. The summed E-state index contributed by atoms with van der Waals surface area (Å²) in [7, 11) is 0. The Labute approximate surface area is 140 Å². The number of phenolic OH excluding ortho intramolecular Hbond substituents is 1. The second kappa shape index (κ2) is 9.28. The van der Waals surface area contributed by atoms with Gasteiger partial charge in [0.05, 0.1) is 5.69 Å². The Morgan fingerprint density at radius 3 is 2.52 bits per heavy atom. The Balaban J connectivity index is 1.91. The van der Waals surface area contributed by atoms with E-state index in [1.165, 1.54) is 12.8 Å². The van der Waals surface area contributed by atoms with E-state index in [9.17, 15) is 5.11 Å². The highest BCUT2D eigenvalue weighted by atomic mass is 16.3. The average Bonchev–Trinajstić information content (AvgIpc) is 2.58. The summed E-state index contributed by atoms with van der Waals surface area (Å²) < 4.78 is 0. The molecular weight excluding hydrogens is 288 g/mol. The minimum absolute atomic E-state index is 0.362. The molecule has 1 heterocycles. The number of hydrogen-bond donors (Lipinski definition) is 2. The molecule has 2 N–H and O–H groups in total. The van der Waals surface area contributed by atoms with Crippen LogP contribution in [0.25, 0.3) is 0 Å². The lowest BCUT2D eigenvalue weighted by atomic mass is 10.2. The number of para-hydroxylation sites is 2. The summed E-state index contributed by atoms with van der Waals surface area (Å²) in [5.41, 5.74) is 0.928. The van der Waals surface area contributed by atoms with Gasteiger partial charge < -0.3 is 20.2 Å². The third kappa shape index (κ3) is 5.05. The number of nitrogens with one attached hydrogen (secondary N) is 1. The Bertz CT molecular complexity index is 496. The number of aromatic hydroxyl groups is 1. The van der Waals surface area contributed by atoms with Crippen LogP contribution in [0.15, 0.2) is 29.3 Å². The van der Waals surface area contributed by atoms with Crippen LogP contribution in [0.4, 0.5) is 5.69 Å². The highest BCUT2D eigenvalue weighted by Crippen LogP contribution is 2.27. The lowest BCUT2D eigenvalue weighted by molar-refractivity contribution is 0.369. The Morgan fingerprint density at radius 1 is 1.13 bits per heavy atom. The Morgan fingerprint density at radius 2 is 1.87 bits per heavy atom. The number of benzene rings is 1. The van der Waals surface area contributed by atoms with Crippen LogP contribution in [0.2, 0.25) is 0 Å². The standard InChI is InChI=1S/C18H30N4O/c1-3-5-8-11-20-18(19-4-2)22-14-12-21(13-15-22)16-9-6-7-10-17(16)23/h6-7,9-10,23H,3-5,8,11-15H2,1-2H3,(H,19,20). The largest absolute Gasteiger partial charge is 0.506 e. The highest BCUT2D eigenvalue weighted by molar-refractivity contribution is 5.80. The number of nitrogens with zero attached hydrogens (tertiary/aromatic N) is 3. The van der Waals surface area contributed by atoms with Crippen molar-refractivity contribution < 1.29 is 5.11 Å². The molecule has 1 aliphatic heterocycles. The van der Waals surface area contributed by atoms with Gasteiger partial charge in [-0.1, -0.05) is 31.9 Å². The van der Waals surface area contributed by atoms with E-state index in [-0.39, 0.29) is 0 Å². The fourth-order valence-corrected chi connectivity index (χ4v) is 2.86. The second-order valence-corrected chi connectivity index (χ2v) is 5.91. The van der Waals surface area contributed by atoms with E-state index in [0.717, 1.165) is 57.3 Å². The summed E-state index contributed by atoms with van der Waals surface area (Å²) >= 11 is 0. The molecule has 1 saturated heterocycles. The average molecular weight is 318 g/mol. The number of phenols is 1. The molecule has 2 rings (SSSR count). The molecule has 1 fully saturated rings. The first-order valence-corrected chi connectivity index (χ1v) is 8.82. The molecule has 0 bridgehead atoms. The fraction of sp³-hybridized carbons (Fsp3) is 0.611. The summed E-state index contributed by atoms with van der Waals surface area (Å²) in [5.74, 6) is 1.39. The van der Waals surface area contributed by atoms with Crippen LogP contribution in [-0.2, 0) is 0 Å². The van der Waals surface area contributed by atoms with E-state index in [4.69, 9.17) is 4.99 Å². The molecule has 0 unspecified atom stereocenters. The van der Waals surface area contributed by atoms with Crippen molar-refractivity contribution in [3.63, 3.8) is 0 Å². The van der Waals surface area contributed by atoms with Gasteiger partial charge in [-0.25, -0.2) is 0 Å². The van der Waals surface area contributed by atoms with Gasteiger partial charge in [0, 0.05) is 39.3 Å². The second-order valence-electron chi connectivity index (χ2n) is 5.91. The summed E-state index contributed by atoms with van der Waals surface area (Å²) in [4.78, 5) is 9.32. The number of aliphatic imine (C=N–C) groups is 1. The molecule has 1 aromatic rings. The topological polar surface area (TPSA) is 51.1 Å². The molecule has 5 nitrogen and oxygen atoms in total. The molecular formula is C18H30N4O. The SMILES string of the molecule is CCCCCN=C(NCC)N1CCN(c2ccccc2O)CC1. The van der Waals surface area contributed by atoms with E-state index in [2.05, 4.69) is 29.0 Å².